The Morgan fingerprint density at radius 3 is 2.23 bits per heavy atom. The molecule has 0 radical (unpaired) electrons. The molecule has 2 unspecified atom stereocenters. The molecule has 8 nitrogen and oxygen atoms in total. The summed E-state index contributed by atoms with van der Waals surface area (Å²) in [5.74, 6) is -1.90. The quantitative estimate of drug-likeness (QED) is 0.208. The van der Waals surface area contributed by atoms with Crippen molar-refractivity contribution in [2.75, 3.05) is 0 Å². The number of hydroxylamine groups is 2. The van der Waals surface area contributed by atoms with Gasteiger partial charge >= 0.3 is 0 Å². The van der Waals surface area contributed by atoms with Crippen molar-refractivity contribution < 1.29 is 25.1 Å². The molecule has 0 fully saturated rings. The Labute approximate surface area is 73.3 Å². The number of rotatable bonds is 4. The van der Waals surface area contributed by atoms with E-state index in [1.165, 1.54) is 11.0 Å². The number of amides is 2. The molecule has 0 rings (SSSR count). The fourth-order valence-corrected chi connectivity index (χ4v) is 0.612. The van der Waals surface area contributed by atoms with Gasteiger partial charge in [0, 0.05) is 0 Å². The molecule has 7 N–H and O–H groups in total. The Morgan fingerprint density at radius 1 is 1.31 bits per heavy atom. The van der Waals surface area contributed by atoms with Gasteiger partial charge in [-0.1, -0.05) is 0 Å². The second-order valence-electron chi connectivity index (χ2n) is 2.31. The number of carbonyl (C=O) groups is 2. The minimum atomic E-state index is -1.47. The number of hydrogen-bond acceptors (Lipinski definition) is 6. The number of carbonyl (C=O) groups excluding carboxylic acids is 2. The molecule has 0 saturated carbocycles. The maximum Gasteiger partial charge on any atom is 0.262 e. The molecule has 0 heterocycles. The van der Waals surface area contributed by atoms with Gasteiger partial charge in [0.05, 0.1) is 12.5 Å². The Bertz CT molecular complexity index is 197. The van der Waals surface area contributed by atoms with Crippen molar-refractivity contribution in [3.8, 4) is 0 Å². The molecule has 0 aromatic carbocycles. The van der Waals surface area contributed by atoms with Crippen LogP contribution in [-0.4, -0.2) is 39.5 Å². The first-order chi connectivity index (χ1) is 6.02. The lowest BCUT2D eigenvalue weighted by Gasteiger charge is -2.15. The van der Waals surface area contributed by atoms with E-state index in [0.29, 0.717) is 0 Å². The summed E-state index contributed by atoms with van der Waals surface area (Å²) < 4.78 is 0. The average Bonchev–Trinajstić information content (AvgIpc) is 2.14. The van der Waals surface area contributed by atoms with Crippen LogP contribution in [0.2, 0.25) is 0 Å². The molecule has 0 aromatic heterocycles. The van der Waals surface area contributed by atoms with Crippen molar-refractivity contribution in [1.82, 2.24) is 11.0 Å². The van der Waals surface area contributed by atoms with E-state index in [2.05, 4.69) is 0 Å². The smallest absolute Gasteiger partial charge is 0.262 e. The molecule has 0 spiro atoms. The highest BCUT2D eigenvalue weighted by molar-refractivity contribution is 5.82. The summed E-state index contributed by atoms with van der Waals surface area (Å²) in [4.78, 5) is 21.0. The van der Waals surface area contributed by atoms with Crippen LogP contribution in [0.5, 0.6) is 0 Å². The van der Waals surface area contributed by atoms with E-state index < -0.39 is 30.4 Å². The maximum absolute atomic E-state index is 10.6. The molecule has 0 aromatic rings. The van der Waals surface area contributed by atoms with Crippen molar-refractivity contribution in [2.45, 2.75) is 18.6 Å². The first-order valence-electron chi connectivity index (χ1n) is 3.33. The number of nitrogens with two attached hydrogens (primary N) is 1. The number of aliphatic hydroxyl groups excluding tert-OH is 1. The standard InChI is InChI=1S/C5H11N3O5/c6-4(5(11)8-13)2(9)1-3(10)7-12/h2,4,9,12-13H,1,6H2,(H,7,10)(H,8,11). The summed E-state index contributed by atoms with van der Waals surface area (Å²) in [6.07, 6.45) is -2.01. The predicted molar refractivity (Wildman–Crippen MR) is 38.5 cm³/mol. The number of hydrogen-bond donors (Lipinski definition) is 6. The molecule has 0 bridgehead atoms. The SMILES string of the molecule is NC(C(=O)NO)C(O)CC(=O)NO. The second kappa shape index (κ2) is 5.43. The summed E-state index contributed by atoms with van der Waals surface area (Å²) in [5.41, 5.74) is 7.57. The van der Waals surface area contributed by atoms with Crippen molar-refractivity contribution in [2.24, 2.45) is 5.73 Å². The zero-order chi connectivity index (χ0) is 10.4. The fourth-order valence-electron chi connectivity index (χ4n) is 0.612. The van der Waals surface area contributed by atoms with Crippen LogP contribution in [0.1, 0.15) is 6.42 Å². The summed E-state index contributed by atoms with van der Waals surface area (Å²) in [6.45, 7) is 0. The molecule has 8 heteroatoms. The van der Waals surface area contributed by atoms with Gasteiger partial charge in [-0.3, -0.25) is 20.0 Å². The van der Waals surface area contributed by atoms with Gasteiger partial charge in [-0.05, 0) is 0 Å². The van der Waals surface area contributed by atoms with Crippen LogP contribution in [0.25, 0.3) is 0 Å². The topological polar surface area (TPSA) is 145 Å². The van der Waals surface area contributed by atoms with Crippen LogP contribution < -0.4 is 16.7 Å². The van der Waals surface area contributed by atoms with E-state index in [0.717, 1.165) is 0 Å². The summed E-state index contributed by atoms with van der Waals surface area (Å²) in [5, 5.41) is 25.2. The summed E-state index contributed by atoms with van der Waals surface area (Å²) >= 11 is 0. The van der Waals surface area contributed by atoms with Gasteiger partial charge in [0.25, 0.3) is 5.91 Å². The van der Waals surface area contributed by atoms with Crippen molar-refractivity contribution >= 4 is 11.8 Å². The van der Waals surface area contributed by atoms with Gasteiger partial charge < -0.3 is 10.8 Å². The van der Waals surface area contributed by atoms with Crippen LogP contribution in [0.4, 0.5) is 0 Å². The third kappa shape index (κ3) is 3.80. The average molecular weight is 193 g/mol. The van der Waals surface area contributed by atoms with E-state index in [1.54, 1.807) is 0 Å². The Kier molecular flexibility index (Phi) is 4.92. The van der Waals surface area contributed by atoms with Crippen LogP contribution in [0.3, 0.4) is 0 Å². The zero-order valence-electron chi connectivity index (χ0n) is 6.60. The Balaban J connectivity index is 4.02. The van der Waals surface area contributed by atoms with Gasteiger partial charge in [-0.15, -0.1) is 0 Å². The Morgan fingerprint density at radius 2 is 1.85 bits per heavy atom. The zero-order valence-corrected chi connectivity index (χ0v) is 6.60. The highest BCUT2D eigenvalue weighted by atomic mass is 16.5. The minimum absolute atomic E-state index is 0.537. The predicted octanol–water partition coefficient (Wildman–Crippen LogP) is -2.92. The van der Waals surface area contributed by atoms with Crippen molar-refractivity contribution in [3.05, 3.63) is 0 Å². The van der Waals surface area contributed by atoms with Gasteiger partial charge in [-0.2, -0.15) is 0 Å². The molecule has 0 aliphatic rings. The molecular formula is C5H11N3O5. The highest BCUT2D eigenvalue weighted by Gasteiger charge is 2.24. The number of nitrogens with one attached hydrogen (secondary N) is 2. The molecule has 0 aliphatic heterocycles. The molecular weight excluding hydrogens is 182 g/mol. The van der Waals surface area contributed by atoms with Crippen LogP contribution in [0, 0.1) is 0 Å². The Hall–Kier alpha value is -1.22. The third-order valence-electron chi connectivity index (χ3n) is 1.35. The first-order valence-corrected chi connectivity index (χ1v) is 3.33. The van der Waals surface area contributed by atoms with Gasteiger partial charge in [-0.25, -0.2) is 11.0 Å². The van der Waals surface area contributed by atoms with Gasteiger partial charge in [0.1, 0.15) is 6.04 Å². The second-order valence-corrected chi connectivity index (χ2v) is 2.31. The van der Waals surface area contributed by atoms with Crippen LogP contribution >= 0.6 is 0 Å². The lowest BCUT2D eigenvalue weighted by molar-refractivity contribution is -0.136. The summed E-state index contributed by atoms with van der Waals surface area (Å²) in [6, 6.07) is -1.43. The number of aliphatic hydroxyl groups is 1. The van der Waals surface area contributed by atoms with Crippen molar-refractivity contribution in [3.63, 3.8) is 0 Å². The molecule has 13 heavy (non-hydrogen) atoms. The third-order valence-corrected chi connectivity index (χ3v) is 1.35. The van der Waals surface area contributed by atoms with E-state index in [4.69, 9.17) is 21.3 Å². The lowest BCUT2D eigenvalue weighted by atomic mass is 10.1. The molecule has 0 saturated heterocycles. The summed E-state index contributed by atoms with van der Waals surface area (Å²) in [7, 11) is 0. The van der Waals surface area contributed by atoms with Crippen LogP contribution in [-0.2, 0) is 9.59 Å². The van der Waals surface area contributed by atoms with E-state index in [1.807, 2.05) is 0 Å². The normalized spacial score (nSPS) is 14.5. The maximum atomic E-state index is 10.6. The molecule has 0 aliphatic carbocycles. The highest BCUT2D eigenvalue weighted by Crippen LogP contribution is 1.96. The van der Waals surface area contributed by atoms with Crippen molar-refractivity contribution in [1.29, 1.82) is 0 Å². The van der Waals surface area contributed by atoms with E-state index in [-0.39, 0.29) is 0 Å². The fraction of sp³-hybridized carbons (Fsp3) is 0.600. The molecule has 2 atom stereocenters. The largest absolute Gasteiger partial charge is 0.390 e. The van der Waals surface area contributed by atoms with E-state index in [9.17, 15) is 9.59 Å². The lowest BCUT2D eigenvalue weighted by Crippen LogP contribution is -2.48. The van der Waals surface area contributed by atoms with Gasteiger partial charge in [0.2, 0.25) is 5.91 Å². The van der Waals surface area contributed by atoms with Gasteiger partial charge in [0.15, 0.2) is 0 Å². The van der Waals surface area contributed by atoms with E-state index >= 15 is 0 Å². The minimum Gasteiger partial charge on any atom is -0.390 e. The van der Waals surface area contributed by atoms with Crippen LogP contribution in [0.15, 0.2) is 0 Å². The monoisotopic (exact) mass is 193 g/mol. The molecule has 76 valence electrons. The first kappa shape index (κ1) is 11.8. The molecule has 2 amide bonds.